The first-order chi connectivity index (χ1) is 6.68. The third-order valence-corrected chi connectivity index (χ3v) is 3.20. The first-order valence-corrected chi connectivity index (χ1v) is 5.27. The predicted molar refractivity (Wildman–Crippen MR) is 56.3 cm³/mol. The molecule has 0 spiro atoms. The second kappa shape index (κ2) is 3.45. The van der Waals surface area contributed by atoms with Gasteiger partial charge in [0.15, 0.2) is 5.82 Å². The van der Waals surface area contributed by atoms with Gasteiger partial charge in [0.1, 0.15) is 10.6 Å². The average Bonchev–Trinajstić information content (AvgIpc) is 2.39. The highest BCUT2D eigenvalue weighted by Gasteiger charge is 2.22. The number of anilines is 2. The second-order valence-electron chi connectivity index (χ2n) is 3.41. The summed E-state index contributed by atoms with van der Waals surface area (Å²) >= 11 is 1.20. The van der Waals surface area contributed by atoms with Gasteiger partial charge in [-0.1, -0.05) is 0 Å². The molecule has 0 saturated heterocycles. The van der Waals surface area contributed by atoms with E-state index in [1.807, 2.05) is 0 Å². The Morgan fingerprint density at radius 2 is 2.29 bits per heavy atom. The zero-order chi connectivity index (χ0) is 10.1. The van der Waals surface area contributed by atoms with Crippen molar-refractivity contribution in [1.29, 1.82) is 0 Å². The third-order valence-electron chi connectivity index (χ3n) is 2.41. The smallest absolute Gasteiger partial charge is 0.255 e. The van der Waals surface area contributed by atoms with E-state index < -0.39 is 5.91 Å². The van der Waals surface area contributed by atoms with Gasteiger partial charge in [-0.25, -0.2) is 0 Å². The Labute approximate surface area is 85.6 Å². The molecule has 0 aliphatic heterocycles. The van der Waals surface area contributed by atoms with Crippen molar-refractivity contribution in [3.8, 4) is 0 Å². The molecule has 0 bridgehead atoms. The molecule has 76 valence electrons. The number of carbonyl (C=O) groups is 1. The van der Waals surface area contributed by atoms with Crippen LogP contribution in [0.3, 0.4) is 0 Å². The number of primary amides is 1. The monoisotopic (exact) mass is 212 g/mol. The summed E-state index contributed by atoms with van der Waals surface area (Å²) in [6.45, 7) is 0. The molecule has 1 saturated carbocycles. The highest BCUT2D eigenvalue weighted by Crippen LogP contribution is 2.30. The predicted octanol–water partition coefficient (Wildman–Crippen LogP) is 0.789. The fourth-order valence-electron chi connectivity index (χ4n) is 1.38. The van der Waals surface area contributed by atoms with Crippen molar-refractivity contribution in [2.24, 2.45) is 5.73 Å². The number of nitrogen functional groups attached to an aromatic ring is 1. The number of hydrogen-bond acceptors (Lipinski definition) is 5. The van der Waals surface area contributed by atoms with Crippen LogP contribution in [0, 0.1) is 0 Å². The summed E-state index contributed by atoms with van der Waals surface area (Å²) in [5, 5.41) is 3.93. The van der Waals surface area contributed by atoms with Crippen LogP contribution in [0.15, 0.2) is 0 Å². The van der Waals surface area contributed by atoms with Crippen molar-refractivity contribution in [2.45, 2.75) is 25.3 Å². The Balaban J connectivity index is 2.19. The van der Waals surface area contributed by atoms with E-state index in [0.717, 1.165) is 12.8 Å². The molecule has 1 aromatic heterocycles. The molecule has 0 radical (unpaired) electrons. The number of hydrogen-bond donors (Lipinski definition) is 3. The molecular weight excluding hydrogens is 200 g/mol. The van der Waals surface area contributed by atoms with Gasteiger partial charge >= 0.3 is 0 Å². The lowest BCUT2D eigenvalue weighted by Gasteiger charge is -2.26. The second-order valence-corrected chi connectivity index (χ2v) is 4.18. The molecule has 1 aromatic rings. The fourth-order valence-corrected chi connectivity index (χ4v) is 2.17. The van der Waals surface area contributed by atoms with Gasteiger partial charge in [0.25, 0.3) is 5.91 Å². The lowest BCUT2D eigenvalue weighted by molar-refractivity contribution is 0.100. The molecule has 1 fully saturated rings. The van der Waals surface area contributed by atoms with Crippen molar-refractivity contribution < 1.29 is 4.79 Å². The first kappa shape index (κ1) is 9.26. The van der Waals surface area contributed by atoms with Crippen LogP contribution in [0.2, 0.25) is 0 Å². The van der Waals surface area contributed by atoms with E-state index in [9.17, 15) is 4.79 Å². The Morgan fingerprint density at radius 1 is 1.57 bits per heavy atom. The zero-order valence-electron chi connectivity index (χ0n) is 7.62. The third kappa shape index (κ3) is 1.52. The maximum atomic E-state index is 11.1. The molecule has 0 aromatic carbocycles. The summed E-state index contributed by atoms with van der Waals surface area (Å²) in [6.07, 6.45) is 3.50. The summed E-state index contributed by atoms with van der Waals surface area (Å²) in [4.78, 5) is 11.1. The molecule has 1 aliphatic carbocycles. The summed E-state index contributed by atoms with van der Waals surface area (Å²) in [5.41, 5.74) is 11.1. The highest BCUT2D eigenvalue weighted by molar-refractivity contribution is 7.11. The van der Waals surface area contributed by atoms with Gasteiger partial charge in [-0.05, 0) is 30.8 Å². The topological polar surface area (TPSA) is 94.0 Å². The van der Waals surface area contributed by atoms with E-state index in [0.29, 0.717) is 16.6 Å². The molecule has 1 amide bonds. The van der Waals surface area contributed by atoms with Gasteiger partial charge in [-0.15, -0.1) is 0 Å². The minimum atomic E-state index is -0.516. The van der Waals surface area contributed by atoms with E-state index >= 15 is 0 Å². The first-order valence-electron chi connectivity index (χ1n) is 4.50. The highest BCUT2D eigenvalue weighted by atomic mass is 32.1. The van der Waals surface area contributed by atoms with Gasteiger partial charge in [0.05, 0.1) is 0 Å². The van der Waals surface area contributed by atoms with Crippen LogP contribution in [0.4, 0.5) is 10.8 Å². The number of nitrogens with zero attached hydrogens (tertiary/aromatic N) is 1. The maximum Gasteiger partial charge on any atom is 0.255 e. The van der Waals surface area contributed by atoms with Crippen LogP contribution in [-0.2, 0) is 0 Å². The van der Waals surface area contributed by atoms with Crippen LogP contribution >= 0.6 is 11.5 Å². The Hall–Kier alpha value is -1.30. The molecule has 0 unspecified atom stereocenters. The number of nitrogens with one attached hydrogen (secondary N) is 1. The summed E-state index contributed by atoms with van der Waals surface area (Å²) < 4.78 is 3.91. The van der Waals surface area contributed by atoms with Crippen molar-refractivity contribution in [1.82, 2.24) is 4.37 Å². The summed E-state index contributed by atoms with van der Waals surface area (Å²) in [5.74, 6) is -0.289. The summed E-state index contributed by atoms with van der Waals surface area (Å²) in [6, 6.07) is 0.452. The Bertz CT molecular complexity index is 358. The largest absolute Gasteiger partial charge is 0.382 e. The lowest BCUT2D eigenvalue weighted by atomic mass is 9.93. The molecule has 6 heteroatoms. The van der Waals surface area contributed by atoms with Crippen molar-refractivity contribution in [3.05, 3.63) is 5.56 Å². The van der Waals surface area contributed by atoms with Gasteiger partial charge in [-0.2, -0.15) is 4.37 Å². The van der Waals surface area contributed by atoms with Crippen LogP contribution in [0.5, 0.6) is 0 Å². The van der Waals surface area contributed by atoms with Gasteiger partial charge < -0.3 is 16.8 Å². The van der Waals surface area contributed by atoms with E-state index in [-0.39, 0.29) is 5.82 Å². The quantitative estimate of drug-likeness (QED) is 0.690. The van der Waals surface area contributed by atoms with Crippen molar-refractivity contribution >= 4 is 28.3 Å². The number of carbonyl (C=O) groups excluding carboxylic acids is 1. The fraction of sp³-hybridized carbons (Fsp3) is 0.500. The molecular formula is C8H12N4OS. The van der Waals surface area contributed by atoms with Crippen LogP contribution in [0.1, 0.15) is 29.6 Å². The van der Waals surface area contributed by atoms with Gasteiger partial charge in [-0.3, -0.25) is 4.79 Å². The molecule has 5 nitrogen and oxygen atoms in total. The Morgan fingerprint density at radius 3 is 2.79 bits per heavy atom. The number of amides is 1. The lowest BCUT2D eigenvalue weighted by Crippen LogP contribution is -2.27. The average molecular weight is 212 g/mol. The standard InChI is InChI=1S/C8H12N4OS/c9-6-5(7(10)13)8(14-12-6)11-4-2-1-3-4/h4,11H,1-3H2,(H2,9,12)(H2,10,13). The number of aromatic nitrogens is 1. The maximum absolute atomic E-state index is 11.1. The number of nitrogens with two attached hydrogens (primary N) is 2. The molecule has 1 aliphatic rings. The van der Waals surface area contributed by atoms with Crippen LogP contribution in [-0.4, -0.2) is 16.3 Å². The Kier molecular flexibility index (Phi) is 2.28. The summed E-state index contributed by atoms with van der Waals surface area (Å²) in [7, 11) is 0. The van der Waals surface area contributed by atoms with E-state index in [1.165, 1.54) is 18.0 Å². The van der Waals surface area contributed by atoms with Gasteiger partial charge in [0, 0.05) is 6.04 Å². The minimum absolute atomic E-state index is 0.226. The molecule has 0 atom stereocenters. The van der Waals surface area contributed by atoms with Crippen molar-refractivity contribution in [3.63, 3.8) is 0 Å². The molecule has 2 rings (SSSR count). The normalized spacial score (nSPS) is 16.3. The molecule has 1 heterocycles. The zero-order valence-corrected chi connectivity index (χ0v) is 8.43. The molecule has 14 heavy (non-hydrogen) atoms. The van der Waals surface area contributed by atoms with E-state index in [1.54, 1.807) is 0 Å². The van der Waals surface area contributed by atoms with E-state index in [2.05, 4.69) is 9.69 Å². The van der Waals surface area contributed by atoms with E-state index in [4.69, 9.17) is 11.5 Å². The molecule has 5 N–H and O–H groups in total. The van der Waals surface area contributed by atoms with Crippen LogP contribution in [0.25, 0.3) is 0 Å². The minimum Gasteiger partial charge on any atom is -0.382 e. The SMILES string of the molecule is NC(=O)c1c(N)nsc1NC1CCC1. The van der Waals surface area contributed by atoms with Crippen molar-refractivity contribution in [2.75, 3.05) is 11.1 Å². The number of rotatable bonds is 3. The van der Waals surface area contributed by atoms with Crippen LogP contribution < -0.4 is 16.8 Å². The van der Waals surface area contributed by atoms with Gasteiger partial charge in [0.2, 0.25) is 0 Å².